The fraction of sp³-hybridized carbons (Fsp3) is 0.0833. The van der Waals surface area contributed by atoms with Gasteiger partial charge in [0.2, 0.25) is 0 Å². The molecule has 0 amide bonds. The molecular weight excluding hydrogens is 268 g/mol. The van der Waals surface area contributed by atoms with E-state index in [9.17, 15) is 0 Å². The third-order valence-corrected chi connectivity index (χ3v) is 3.00. The van der Waals surface area contributed by atoms with Gasteiger partial charge in [0.05, 0.1) is 7.11 Å². The highest BCUT2D eigenvalue weighted by atomic mass is 79.9. The van der Waals surface area contributed by atoms with Crippen LogP contribution in [0.3, 0.4) is 0 Å². The Kier molecular flexibility index (Phi) is 2.11. The van der Waals surface area contributed by atoms with E-state index in [0.29, 0.717) is 0 Å². The summed E-state index contributed by atoms with van der Waals surface area (Å²) >= 11 is 3.38. The molecule has 4 heteroatoms. The number of hydrogen-bond acceptors (Lipinski definition) is 2. The minimum atomic E-state index is 0.836. The molecule has 0 saturated carbocycles. The Balaban J connectivity index is 2.46. The van der Waals surface area contributed by atoms with Gasteiger partial charge in [-0.3, -0.25) is 0 Å². The Morgan fingerprint density at radius 1 is 1.31 bits per heavy atom. The minimum Gasteiger partial charge on any atom is -0.497 e. The Hall–Kier alpha value is -1.55. The van der Waals surface area contributed by atoms with Crippen LogP contribution in [0.5, 0.6) is 5.75 Å². The van der Waals surface area contributed by atoms with Crippen LogP contribution in [-0.2, 0) is 0 Å². The van der Waals surface area contributed by atoms with Gasteiger partial charge >= 0.3 is 0 Å². The first-order valence-electron chi connectivity index (χ1n) is 4.89. The summed E-state index contributed by atoms with van der Waals surface area (Å²) in [5.41, 5.74) is 0.934. The molecule has 2 aromatic heterocycles. The van der Waals surface area contributed by atoms with Crippen LogP contribution in [0.1, 0.15) is 0 Å². The number of ether oxygens (including phenoxy) is 1. The Labute approximate surface area is 101 Å². The van der Waals surface area contributed by atoms with Crippen molar-refractivity contribution >= 4 is 32.3 Å². The van der Waals surface area contributed by atoms with Crippen molar-refractivity contribution in [3.8, 4) is 5.75 Å². The van der Waals surface area contributed by atoms with E-state index in [-0.39, 0.29) is 0 Å². The molecule has 3 nitrogen and oxygen atoms in total. The molecule has 2 heterocycles. The van der Waals surface area contributed by atoms with Crippen molar-refractivity contribution < 1.29 is 4.74 Å². The van der Waals surface area contributed by atoms with Crippen LogP contribution in [-0.4, -0.2) is 16.5 Å². The van der Waals surface area contributed by atoms with E-state index in [1.807, 2.05) is 35.0 Å². The van der Waals surface area contributed by atoms with Crippen LogP contribution in [0, 0.1) is 0 Å². The smallest absolute Gasteiger partial charge is 0.146 e. The van der Waals surface area contributed by atoms with Crippen LogP contribution in [0.4, 0.5) is 0 Å². The number of hydrogen-bond donors (Lipinski definition) is 0. The summed E-state index contributed by atoms with van der Waals surface area (Å²) in [5.74, 6) is 0.847. The normalized spacial score (nSPS) is 11.1. The molecule has 0 aliphatic rings. The zero-order valence-electron chi connectivity index (χ0n) is 8.64. The molecule has 0 atom stereocenters. The predicted molar refractivity (Wildman–Crippen MR) is 67.0 cm³/mol. The maximum Gasteiger partial charge on any atom is 0.146 e. The molecular formula is C12H9BrN2O. The highest BCUT2D eigenvalue weighted by Crippen LogP contribution is 2.25. The quantitative estimate of drug-likeness (QED) is 0.682. The minimum absolute atomic E-state index is 0.836. The first-order chi connectivity index (χ1) is 7.78. The Bertz CT molecular complexity index is 675. The van der Waals surface area contributed by atoms with Crippen LogP contribution in [0.25, 0.3) is 16.4 Å². The third-order valence-electron chi connectivity index (χ3n) is 2.62. The molecule has 0 aliphatic heterocycles. The molecule has 0 unspecified atom stereocenters. The first-order valence-corrected chi connectivity index (χ1v) is 5.68. The fourth-order valence-electron chi connectivity index (χ4n) is 1.84. The topological polar surface area (TPSA) is 26.5 Å². The molecule has 0 fully saturated rings. The summed E-state index contributed by atoms with van der Waals surface area (Å²) in [6, 6.07) is 8.06. The van der Waals surface area contributed by atoms with Crippen molar-refractivity contribution in [3.63, 3.8) is 0 Å². The van der Waals surface area contributed by atoms with E-state index in [1.165, 1.54) is 0 Å². The average molecular weight is 277 g/mol. The molecule has 0 spiro atoms. The van der Waals surface area contributed by atoms with E-state index in [4.69, 9.17) is 4.74 Å². The van der Waals surface area contributed by atoms with Gasteiger partial charge in [-0.15, -0.1) is 0 Å². The number of rotatable bonds is 1. The number of aromatic nitrogens is 2. The fourth-order valence-corrected chi connectivity index (χ4v) is 2.23. The van der Waals surface area contributed by atoms with Gasteiger partial charge in [0.1, 0.15) is 16.0 Å². The molecule has 1 aromatic carbocycles. The zero-order valence-corrected chi connectivity index (χ0v) is 10.2. The summed E-state index contributed by atoms with van der Waals surface area (Å²) in [5, 5.41) is 2.25. The summed E-state index contributed by atoms with van der Waals surface area (Å²) in [4.78, 5) is 4.44. The van der Waals surface area contributed by atoms with Gasteiger partial charge in [-0.05, 0) is 39.5 Å². The van der Waals surface area contributed by atoms with Crippen molar-refractivity contribution in [2.24, 2.45) is 0 Å². The molecule has 0 saturated heterocycles. The second kappa shape index (κ2) is 3.49. The van der Waals surface area contributed by atoms with Gasteiger partial charge in [-0.2, -0.15) is 0 Å². The Morgan fingerprint density at radius 3 is 3.00 bits per heavy atom. The molecule has 3 rings (SSSR count). The second-order valence-electron chi connectivity index (χ2n) is 3.56. The van der Waals surface area contributed by atoms with Crippen molar-refractivity contribution in [1.82, 2.24) is 9.38 Å². The number of nitrogens with zero attached hydrogens (tertiary/aromatic N) is 2. The molecule has 0 bridgehead atoms. The number of methoxy groups -OCH3 is 1. The van der Waals surface area contributed by atoms with Crippen molar-refractivity contribution in [2.75, 3.05) is 7.11 Å². The van der Waals surface area contributed by atoms with E-state index < -0.39 is 0 Å². The number of halogens is 1. The highest BCUT2D eigenvalue weighted by Gasteiger charge is 2.05. The van der Waals surface area contributed by atoms with Gasteiger partial charge in [0.25, 0.3) is 0 Å². The monoisotopic (exact) mass is 276 g/mol. The molecule has 0 radical (unpaired) electrons. The number of pyridine rings is 1. The highest BCUT2D eigenvalue weighted by molar-refractivity contribution is 9.10. The molecule has 0 aliphatic carbocycles. The molecule has 0 N–H and O–H groups in total. The van der Waals surface area contributed by atoms with Gasteiger partial charge in [0.15, 0.2) is 0 Å². The number of fused-ring (bicyclic) bond motifs is 3. The van der Waals surface area contributed by atoms with Crippen LogP contribution in [0.2, 0.25) is 0 Å². The summed E-state index contributed by atoms with van der Waals surface area (Å²) < 4.78 is 8.06. The summed E-state index contributed by atoms with van der Waals surface area (Å²) in [7, 11) is 1.67. The van der Waals surface area contributed by atoms with E-state index in [2.05, 4.69) is 27.0 Å². The lowest BCUT2D eigenvalue weighted by molar-refractivity contribution is 0.415. The van der Waals surface area contributed by atoms with Gasteiger partial charge in [0, 0.05) is 17.8 Å². The lowest BCUT2D eigenvalue weighted by Crippen LogP contribution is -1.87. The summed E-state index contributed by atoms with van der Waals surface area (Å²) in [6.07, 6.45) is 3.94. The average Bonchev–Trinajstić information content (AvgIpc) is 2.69. The first kappa shape index (κ1) is 9.66. The SMILES string of the molecule is COc1ccc2ccn3cc(Br)nc3c2c1. The number of imidazole rings is 1. The van der Waals surface area contributed by atoms with Crippen molar-refractivity contribution in [3.05, 3.63) is 41.3 Å². The maximum absolute atomic E-state index is 5.23. The second-order valence-corrected chi connectivity index (χ2v) is 4.38. The Morgan fingerprint density at radius 2 is 2.19 bits per heavy atom. The predicted octanol–water partition coefficient (Wildman–Crippen LogP) is 3.26. The van der Waals surface area contributed by atoms with Gasteiger partial charge in [-0.1, -0.05) is 6.07 Å². The molecule has 80 valence electrons. The van der Waals surface area contributed by atoms with Crippen molar-refractivity contribution in [1.29, 1.82) is 0 Å². The van der Waals surface area contributed by atoms with Crippen LogP contribution in [0.15, 0.2) is 41.3 Å². The zero-order chi connectivity index (χ0) is 11.1. The van der Waals surface area contributed by atoms with E-state index in [1.54, 1.807) is 7.11 Å². The molecule has 3 aromatic rings. The van der Waals surface area contributed by atoms with E-state index in [0.717, 1.165) is 26.8 Å². The summed E-state index contributed by atoms with van der Waals surface area (Å²) in [6.45, 7) is 0. The number of benzene rings is 1. The van der Waals surface area contributed by atoms with Gasteiger partial charge < -0.3 is 9.14 Å². The largest absolute Gasteiger partial charge is 0.497 e. The molecule has 16 heavy (non-hydrogen) atoms. The maximum atomic E-state index is 5.23. The lowest BCUT2D eigenvalue weighted by atomic mass is 10.1. The third kappa shape index (κ3) is 1.38. The van der Waals surface area contributed by atoms with Crippen molar-refractivity contribution in [2.45, 2.75) is 0 Å². The van der Waals surface area contributed by atoms with Crippen LogP contribution >= 0.6 is 15.9 Å². The van der Waals surface area contributed by atoms with Gasteiger partial charge in [-0.25, -0.2) is 4.98 Å². The van der Waals surface area contributed by atoms with E-state index >= 15 is 0 Å². The van der Waals surface area contributed by atoms with Crippen LogP contribution < -0.4 is 4.74 Å². The lowest BCUT2D eigenvalue weighted by Gasteiger charge is -2.03. The standard InChI is InChI=1S/C12H9BrN2O/c1-16-9-3-2-8-4-5-15-7-11(13)14-12(15)10(8)6-9/h2-7H,1H3.